The van der Waals surface area contributed by atoms with Crippen molar-refractivity contribution in [2.24, 2.45) is 0 Å². The van der Waals surface area contributed by atoms with Gasteiger partial charge >= 0.3 is 30.2 Å². The fourth-order valence-electron chi connectivity index (χ4n) is 5.43. The van der Waals surface area contributed by atoms with Gasteiger partial charge in [-0.1, -0.05) is 111 Å². The molecule has 43 heavy (non-hydrogen) atoms. The Morgan fingerprint density at radius 1 is 0.605 bits per heavy atom. The van der Waals surface area contributed by atoms with E-state index in [-0.39, 0.29) is 39.7 Å². The van der Waals surface area contributed by atoms with Crippen molar-refractivity contribution in [2.45, 2.75) is 47.5 Å². The van der Waals surface area contributed by atoms with E-state index in [2.05, 4.69) is 152 Å². The first kappa shape index (κ1) is 40.8. The normalized spacial score (nSPS) is 9.72. The summed E-state index contributed by atoms with van der Waals surface area (Å²) in [5.74, 6) is 0.584. The van der Waals surface area contributed by atoms with Crippen molar-refractivity contribution in [1.29, 1.82) is 0 Å². The fraction of sp³-hybridized carbons (Fsp3) is 0.179. The summed E-state index contributed by atoms with van der Waals surface area (Å²) in [6.07, 6.45) is 0. The van der Waals surface area contributed by atoms with Gasteiger partial charge in [-0.15, -0.1) is 93.4 Å². The van der Waals surface area contributed by atoms with Crippen molar-refractivity contribution in [3.8, 4) is 22.3 Å². The molecule has 0 unspecified atom stereocenters. The van der Waals surface area contributed by atoms with Crippen LogP contribution < -0.4 is 0 Å². The second-order valence-electron chi connectivity index (χ2n) is 10.8. The third kappa shape index (κ3) is 9.63. The van der Waals surface area contributed by atoms with Crippen molar-refractivity contribution in [2.75, 3.05) is 0 Å². The molecule has 0 fully saturated rings. The summed E-state index contributed by atoms with van der Waals surface area (Å²) in [5.41, 5.74) is 12.1. The Kier molecular flexibility index (Phi) is 17.6. The van der Waals surface area contributed by atoms with Crippen molar-refractivity contribution in [1.82, 2.24) is 0 Å². The van der Waals surface area contributed by atoms with Gasteiger partial charge in [-0.05, 0) is 30.9 Å². The first-order valence-electron chi connectivity index (χ1n) is 13.6. The van der Waals surface area contributed by atoms with E-state index in [1.54, 1.807) is 0 Å². The van der Waals surface area contributed by atoms with E-state index in [4.69, 9.17) is 0 Å². The van der Waals surface area contributed by atoms with E-state index < -0.39 is 0 Å². The first-order chi connectivity index (χ1) is 18.8. The summed E-state index contributed by atoms with van der Waals surface area (Å²) < 4.78 is 0. The molecule has 2 radical (unpaired) electrons. The van der Waals surface area contributed by atoms with Gasteiger partial charge in [0.1, 0.15) is 0 Å². The molecule has 6 rings (SSSR count). The third-order valence-electron chi connectivity index (χ3n) is 7.31. The molecule has 4 heteroatoms. The summed E-state index contributed by atoms with van der Waals surface area (Å²) in [4.78, 5) is 0. The second-order valence-corrected chi connectivity index (χ2v) is 10.8. The average molecular weight is 703 g/mol. The van der Waals surface area contributed by atoms with Crippen molar-refractivity contribution >= 4 is 53.2 Å². The van der Waals surface area contributed by atoms with Crippen LogP contribution >= 0.6 is 24.8 Å². The van der Waals surface area contributed by atoms with Crippen LogP contribution in [0.4, 0.5) is 0 Å². The topological polar surface area (TPSA) is 0 Å². The summed E-state index contributed by atoms with van der Waals surface area (Å²) in [7, 11) is 0. The molecule has 0 atom stereocenters. The summed E-state index contributed by atoms with van der Waals surface area (Å²) in [5, 5.41) is 5.48. The Balaban J connectivity index is 0.000000714. The molecule has 0 aliphatic heterocycles. The predicted octanol–water partition coefficient (Wildman–Crippen LogP) is 12.2. The maximum atomic E-state index is 3.06. The monoisotopic (exact) mass is 700 g/mol. The molecule has 6 aromatic rings. The van der Waals surface area contributed by atoms with Crippen LogP contribution in [0.2, 0.25) is 0 Å². The first-order valence-corrected chi connectivity index (χ1v) is 17.7. The van der Waals surface area contributed by atoms with Crippen LogP contribution in [0.5, 0.6) is 0 Å². The number of aryl methyl sites for hydroxylation is 4. The number of hydrogen-bond donors (Lipinski definition) is 0. The number of halogens is 2. The summed E-state index contributed by atoms with van der Waals surface area (Å²) >= 11 is 1.36. The molecular formula is C39H44Cl2SiZr-4. The molecule has 0 nitrogen and oxygen atoms in total. The van der Waals surface area contributed by atoms with Crippen LogP contribution in [0.25, 0.3) is 43.8 Å². The van der Waals surface area contributed by atoms with E-state index in [0.29, 0.717) is 5.92 Å². The fourth-order valence-corrected chi connectivity index (χ4v) is 5.43. The van der Waals surface area contributed by atoms with E-state index in [1.807, 2.05) is 0 Å². The standard InChI is InChI=1S/C19H19.C18H17.2CH3.2ClH.Si.Zr/c1-12-7-13(2)9-16(8-12)17-6-5-15(4)18-10-14(3)11-19(17)18;1-13(2)16-11-15-9-6-10-17(18(15)12-16)14-7-4-3-5-8-14;;;;;;/h5-11H,1-4H3;3-13H,1-2H3;2*1H3;2*1H;;/q4*-1;;;;. The van der Waals surface area contributed by atoms with Gasteiger partial charge in [-0.2, -0.15) is 12.1 Å². The Bertz CT molecular complexity index is 1690. The van der Waals surface area contributed by atoms with E-state index in [9.17, 15) is 0 Å². The van der Waals surface area contributed by atoms with Crippen molar-refractivity contribution in [3.05, 3.63) is 146 Å². The van der Waals surface area contributed by atoms with Gasteiger partial charge in [-0.3, -0.25) is 0 Å². The average Bonchev–Trinajstić information content (AvgIpc) is 3.55. The zero-order valence-electron chi connectivity index (χ0n) is 26.7. The molecule has 0 amide bonds. The van der Waals surface area contributed by atoms with Crippen LogP contribution in [0.15, 0.2) is 103 Å². The van der Waals surface area contributed by atoms with E-state index in [1.165, 1.54) is 95.0 Å². The number of rotatable bonds is 3. The Morgan fingerprint density at radius 3 is 1.81 bits per heavy atom. The molecule has 0 heterocycles. The molecular weight excluding hydrogens is 659 g/mol. The molecule has 0 spiro atoms. The van der Waals surface area contributed by atoms with Gasteiger partial charge in [0, 0.05) is 0 Å². The minimum atomic E-state index is 0. The Labute approximate surface area is 290 Å². The molecule has 0 bridgehead atoms. The van der Waals surface area contributed by atoms with Gasteiger partial charge in [-0.25, -0.2) is 0 Å². The van der Waals surface area contributed by atoms with Crippen molar-refractivity contribution in [3.63, 3.8) is 0 Å². The minimum absolute atomic E-state index is 0. The summed E-state index contributed by atoms with van der Waals surface area (Å²) in [6, 6.07) is 37.7. The SMILES string of the molecule is CC(C)c1cc2c(-c3ccccc3)cccc2[cH-]1.Cc1cc(C)cc(-c2ccc(C)c3[cH-]c(C)cc23)c1.Cl.Cl.[CH3-].[CH3-].[Si]=[Zr]. The van der Waals surface area contributed by atoms with Crippen LogP contribution in [-0.4, -0.2) is 6.88 Å². The van der Waals surface area contributed by atoms with E-state index in [0.717, 1.165) is 0 Å². The molecule has 0 saturated heterocycles. The third-order valence-corrected chi connectivity index (χ3v) is 7.31. The Morgan fingerprint density at radius 2 is 1.21 bits per heavy atom. The van der Waals surface area contributed by atoms with Gasteiger partial charge in [0.2, 0.25) is 0 Å². The maximum absolute atomic E-state index is 3.06. The predicted molar refractivity (Wildman–Crippen MR) is 196 cm³/mol. The summed E-state index contributed by atoms with van der Waals surface area (Å²) in [6.45, 7) is 16.2. The van der Waals surface area contributed by atoms with E-state index >= 15 is 0 Å². The molecule has 0 aliphatic carbocycles. The van der Waals surface area contributed by atoms with Crippen LogP contribution in [0.1, 0.15) is 47.6 Å². The zero-order valence-corrected chi connectivity index (χ0v) is 31.8. The van der Waals surface area contributed by atoms with Gasteiger partial charge in [0.25, 0.3) is 0 Å². The van der Waals surface area contributed by atoms with Crippen LogP contribution in [0.3, 0.4) is 0 Å². The molecule has 0 aromatic heterocycles. The second kappa shape index (κ2) is 18.6. The van der Waals surface area contributed by atoms with Gasteiger partial charge in [0.15, 0.2) is 0 Å². The van der Waals surface area contributed by atoms with Crippen molar-refractivity contribution < 1.29 is 23.3 Å². The zero-order chi connectivity index (χ0) is 28.1. The Hall–Kier alpha value is -2.22. The quantitative estimate of drug-likeness (QED) is 0.127. The van der Waals surface area contributed by atoms with Gasteiger partial charge in [0.05, 0.1) is 0 Å². The number of benzene rings is 4. The molecule has 226 valence electrons. The number of hydrogen-bond acceptors (Lipinski definition) is 0. The molecule has 0 aliphatic rings. The van der Waals surface area contributed by atoms with Crippen LogP contribution in [0, 0.1) is 42.5 Å². The van der Waals surface area contributed by atoms with Gasteiger partial charge < -0.3 is 14.9 Å². The molecule has 0 N–H and O–H groups in total. The molecule has 0 saturated carbocycles. The van der Waals surface area contributed by atoms with Crippen LogP contribution in [-0.2, 0) is 23.3 Å². The number of fused-ring (bicyclic) bond motifs is 2. The molecule has 6 aromatic carbocycles.